The van der Waals surface area contributed by atoms with E-state index in [1.54, 1.807) is 48.5 Å². The zero-order valence-corrected chi connectivity index (χ0v) is 19.3. The van der Waals surface area contributed by atoms with Crippen molar-refractivity contribution in [2.24, 2.45) is 0 Å². The van der Waals surface area contributed by atoms with Crippen LogP contribution >= 0.6 is 0 Å². The second kappa shape index (κ2) is 12.2. The number of rotatable bonds is 10. The van der Waals surface area contributed by atoms with Gasteiger partial charge in [0.05, 0.1) is 0 Å². The van der Waals surface area contributed by atoms with Crippen LogP contribution in [0.3, 0.4) is 0 Å². The molecule has 0 bridgehead atoms. The maximum Gasteiger partial charge on any atom is 0.262 e. The Labute approximate surface area is 199 Å². The fourth-order valence-electron chi connectivity index (χ4n) is 3.15. The molecule has 0 aliphatic rings. The summed E-state index contributed by atoms with van der Waals surface area (Å²) in [6.45, 7) is 4.73. The highest BCUT2D eigenvalue weighted by Gasteiger charge is 2.08. The van der Waals surface area contributed by atoms with Crippen LogP contribution in [0.5, 0.6) is 5.75 Å². The van der Waals surface area contributed by atoms with Gasteiger partial charge in [-0.05, 0) is 60.0 Å². The van der Waals surface area contributed by atoms with Crippen molar-refractivity contribution in [3.8, 4) is 5.75 Å². The first-order valence-electron chi connectivity index (χ1n) is 11.2. The molecule has 34 heavy (non-hydrogen) atoms. The second-order valence-corrected chi connectivity index (χ2v) is 8.02. The third-order valence-electron chi connectivity index (χ3n) is 5.08. The van der Waals surface area contributed by atoms with Crippen molar-refractivity contribution < 1.29 is 19.1 Å². The van der Waals surface area contributed by atoms with Gasteiger partial charge in [-0.25, -0.2) is 0 Å². The second-order valence-electron chi connectivity index (χ2n) is 8.02. The van der Waals surface area contributed by atoms with Gasteiger partial charge in [-0.2, -0.15) is 0 Å². The maximum atomic E-state index is 12.3. The predicted molar refractivity (Wildman–Crippen MR) is 132 cm³/mol. The molecule has 0 unspecified atom stereocenters. The first kappa shape index (κ1) is 24.5. The molecule has 0 aliphatic carbocycles. The monoisotopic (exact) mass is 459 g/mol. The van der Waals surface area contributed by atoms with Crippen LogP contribution in [0.4, 0.5) is 5.69 Å². The van der Waals surface area contributed by atoms with Crippen LogP contribution in [-0.2, 0) is 4.79 Å². The van der Waals surface area contributed by atoms with Crippen LogP contribution in [0.1, 0.15) is 46.0 Å². The van der Waals surface area contributed by atoms with E-state index in [1.807, 2.05) is 30.3 Å². The third-order valence-corrected chi connectivity index (χ3v) is 5.08. The van der Waals surface area contributed by atoms with Crippen molar-refractivity contribution in [1.29, 1.82) is 0 Å². The highest BCUT2D eigenvalue weighted by atomic mass is 16.5. The average molecular weight is 460 g/mol. The van der Waals surface area contributed by atoms with E-state index in [2.05, 4.69) is 29.8 Å². The molecule has 7 nitrogen and oxygen atoms in total. The Balaban J connectivity index is 1.38. The van der Waals surface area contributed by atoms with E-state index in [0.717, 1.165) is 0 Å². The fourth-order valence-corrected chi connectivity index (χ4v) is 3.15. The Morgan fingerprint density at radius 3 is 1.85 bits per heavy atom. The molecule has 0 fully saturated rings. The molecule has 0 atom stereocenters. The van der Waals surface area contributed by atoms with Crippen molar-refractivity contribution in [1.82, 2.24) is 10.6 Å². The van der Waals surface area contributed by atoms with Gasteiger partial charge >= 0.3 is 0 Å². The van der Waals surface area contributed by atoms with Crippen molar-refractivity contribution >= 4 is 23.4 Å². The Kier molecular flexibility index (Phi) is 8.80. The molecule has 7 heteroatoms. The molecular weight excluding hydrogens is 430 g/mol. The van der Waals surface area contributed by atoms with Gasteiger partial charge in [-0.15, -0.1) is 0 Å². The van der Waals surface area contributed by atoms with Gasteiger partial charge < -0.3 is 20.7 Å². The number of nitrogens with one attached hydrogen (secondary N) is 3. The molecule has 176 valence electrons. The van der Waals surface area contributed by atoms with E-state index in [-0.39, 0.29) is 24.3 Å². The zero-order valence-electron chi connectivity index (χ0n) is 19.3. The largest absolute Gasteiger partial charge is 0.484 e. The van der Waals surface area contributed by atoms with Gasteiger partial charge in [-0.1, -0.05) is 44.2 Å². The fraction of sp³-hybridized carbons (Fsp3) is 0.222. The molecule has 0 saturated heterocycles. The first-order chi connectivity index (χ1) is 16.4. The number of amides is 3. The molecule has 3 amide bonds. The van der Waals surface area contributed by atoms with Crippen LogP contribution in [0, 0.1) is 0 Å². The molecule has 3 aromatic carbocycles. The lowest BCUT2D eigenvalue weighted by Crippen LogP contribution is -2.34. The topological polar surface area (TPSA) is 96.5 Å². The standard InChI is InChI=1S/C27H29N3O4/c1-19(2)20-10-14-24(15-11-20)34-18-25(31)30-23-12-8-22(9-13-23)27(33)29-17-16-28-26(32)21-6-4-3-5-7-21/h3-15,19H,16-18H2,1-2H3,(H,28,32)(H,29,33)(H,30,31). The van der Waals surface area contributed by atoms with Crippen molar-refractivity contribution in [2.75, 3.05) is 25.0 Å². The molecule has 0 spiro atoms. The lowest BCUT2D eigenvalue weighted by Gasteiger charge is -2.10. The van der Waals surface area contributed by atoms with Gasteiger partial charge in [0.25, 0.3) is 17.7 Å². The van der Waals surface area contributed by atoms with E-state index in [1.165, 1.54) is 5.56 Å². The Morgan fingerprint density at radius 2 is 1.29 bits per heavy atom. The van der Waals surface area contributed by atoms with E-state index >= 15 is 0 Å². The van der Waals surface area contributed by atoms with Crippen molar-refractivity contribution in [3.05, 3.63) is 95.6 Å². The van der Waals surface area contributed by atoms with Crippen molar-refractivity contribution in [3.63, 3.8) is 0 Å². The number of anilines is 1. The minimum atomic E-state index is -0.292. The van der Waals surface area contributed by atoms with Crippen LogP contribution in [0.15, 0.2) is 78.9 Å². The minimum absolute atomic E-state index is 0.113. The molecule has 0 aromatic heterocycles. The summed E-state index contributed by atoms with van der Waals surface area (Å²) in [5, 5.41) is 8.25. The summed E-state index contributed by atoms with van der Waals surface area (Å²) in [6.07, 6.45) is 0. The van der Waals surface area contributed by atoms with Crippen LogP contribution in [-0.4, -0.2) is 37.4 Å². The summed E-state index contributed by atoms with van der Waals surface area (Å²) in [6, 6.07) is 23.1. The highest BCUT2D eigenvalue weighted by molar-refractivity contribution is 5.96. The summed E-state index contributed by atoms with van der Waals surface area (Å²) < 4.78 is 5.53. The minimum Gasteiger partial charge on any atom is -0.484 e. The average Bonchev–Trinajstić information content (AvgIpc) is 2.86. The van der Waals surface area contributed by atoms with Gasteiger partial charge in [0, 0.05) is 29.9 Å². The molecule has 0 heterocycles. The quantitative estimate of drug-likeness (QED) is 0.400. The molecule has 0 radical (unpaired) electrons. The van der Waals surface area contributed by atoms with Gasteiger partial charge in [0.15, 0.2) is 6.61 Å². The molecule has 3 aromatic rings. The molecule has 0 aliphatic heterocycles. The van der Waals surface area contributed by atoms with Crippen LogP contribution in [0.2, 0.25) is 0 Å². The highest BCUT2D eigenvalue weighted by Crippen LogP contribution is 2.18. The molecule has 3 N–H and O–H groups in total. The Morgan fingerprint density at radius 1 is 0.735 bits per heavy atom. The number of ether oxygens (including phenoxy) is 1. The zero-order chi connectivity index (χ0) is 24.3. The van der Waals surface area contributed by atoms with E-state index < -0.39 is 0 Å². The number of hydrogen-bond acceptors (Lipinski definition) is 4. The van der Waals surface area contributed by atoms with E-state index in [4.69, 9.17) is 4.74 Å². The van der Waals surface area contributed by atoms with Crippen molar-refractivity contribution in [2.45, 2.75) is 19.8 Å². The van der Waals surface area contributed by atoms with Crippen LogP contribution in [0.25, 0.3) is 0 Å². The SMILES string of the molecule is CC(C)c1ccc(OCC(=O)Nc2ccc(C(=O)NCCNC(=O)c3ccccc3)cc2)cc1. The first-order valence-corrected chi connectivity index (χ1v) is 11.2. The van der Waals surface area contributed by atoms with Gasteiger partial charge in [0.1, 0.15) is 5.75 Å². The van der Waals surface area contributed by atoms with E-state index in [9.17, 15) is 14.4 Å². The number of hydrogen-bond donors (Lipinski definition) is 3. The Bertz CT molecular complexity index is 1090. The summed E-state index contributed by atoms with van der Waals surface area (Å²) in [5.41, 5.74) is 2.79. The number of benzene rings is 3. The molecule has 3 rings (SSSR count). The lowest BCUT2D eigenvalue weighted by atomic mass is 10.0. The summed E-state index contributed by atoms with van der Waals surface area (Å²) >= 11 is 0. The van der Waals surface area contributed by atoms with Crippen LogP contribution < -0.4 is 20.7 Å². The lowest BCUT2D eigenvalue weighted by molar-refractivity contribution is -0.118. The Hall–Kier alpha value is -4.13. The summed E-state index contributed by atoms with van der Waals surface area (Å²) in [4.78, 5) is 36.4. The normalized spacial score (nSPS) is 10.4. The maximum absolute atomic E-state index is 12.3. The number of carbonyl (C=O) groups is 3. The number of carbonyl (C=O) groups excluding carboxylic acids is 3. The van der Waals surface area contributed by atoms with Gasteiger partial charge in [-0.3, -0.25) is 14.4 Å². The summed E-state index contributed by atoms with van der Waals surface area (Å²) in [5.74, 6) is 0.320. The summed E-state index contributed by atoms with van der Waals surface area (Å²) in [7, 11) is 0. The molecular formula is C27H29N3O4. The predicted octanol–water partition coefficient (Wildman–Crippen LogP) is 3.99. The molecule has 0 saturated carbocycles. The third kappa shape index (κ3) is 7.48. The van der Waals surface area contributed by atoms with Gasteiger partial charge in [0.2, 0.25) is 0 Å². The smallest absolute Gasteiger partial charge is 0.262 e. The van der Waals surface area contributed by atoms with E-state index in [0.29, 0.717) is 41.6 Å².